The molecule has 4 nitrogen and oxygen atoms in total. The summed E-state index contributed by atoms with van der Waals surface area (Å²) in [5.41, 5.74) is 9.75. The van der Waals surface area contributed by atoms with Crippen LogP contribution in [0.1, 0.15) is 27.3 Å². The fourth-order valence-corrected chi connectivity index (χ4v) is 2.06. The average molecular weight is 281 g/mol. The lowest BCUT2D eigenvalue weighted by atomic mass is 10.1. The normalized spacial score (nSPS) is 9.90. The van der Waals surface area contributed by atoms with Crippen LogP contribution in [0.4, 0.5) is 5.69 Å². The second kappa shape index (κ2) is 6.29. The van der Waals surface area contributed by atoms with Crippen LogP contribution < -0.4 is 11.1 Å². The van der Waals surface area contributed by atoms with E-state index >= 15 is 0 Å². The Kier molecular flexibility index (Phi) is 4.46. The fourth-order valence-electron chi connectivity index (χ4n) is 2.06. The van der Waals surface area contributed by atoms with Crippen LogP contribution in [0, 0.1) is 25.7 Å². The van der Waals surface area contributed by atoms with Crippen LogP contribution in [0.15, 0.2) is 30.3 Å². The van der Waals surface area contributed by atoms with Gasteiger partial charge in [0.15, 0.2) is 0 Å². The molecule has 0 aliphatic rings. The largest absolute Gasteiger partial charge is 0.344 e. The molecule has 2 rings (SSSR count). The Hall–Kier alpha value is -2.51. The average Bonchev–Trinajstić information content (AvgIpc) is 2.78. The summed E-state index contributed by atoms with van der Waals surface area (Å²) in [6, 6.07) is 9.39. The SMILES string of the molecule is Cc1cc(NC(=O)c2ccc(C)n2C)ccc1C#CCN. The highest BCUT2D eigenvalue weighted by Crippen LogP contribution is 2.16. The molecule has 0 fully saturated rings. The number of hydrogen-bond acceptors (Lipinski definition) is 2. The van der Waals surface area contributed by atoms with Crippen molar-refractivity contribution in [2.24, 2.45) is 12.8 Å². The Bertz CT molecular complexity index is 732. The summed E-state index contributed by atoms with van der Waals surface area (Å²) in [4.78, 5) is 12.2. The zero-order chi connectivity index (χ0) is 15.4. The molecule has 1 amide bonds. The lowest BCUT2D eigenvalue weighted by Crippen LogP contribution is -2.16. The number of nitrogens with zero attached hydrogens (tertiary/aromatic N) is 1. The molecule has 3 N–H and O–H groups in total. The van der Waals surface area contributed by atoms with Gasteiger partial charge in [0.05, 0.1) is 6.54 Å². The standard InChI is InChI=1S/C17H19N3O/c1-12-11-15(8-7-14(12)5-4-10-18)19-17(21)16-9-6-13(2)20(16)3/h6-9,11H,10,18H2,1-3H3,(H,19,21). The minimum absolute atomic E-state index is 0.120. The summed E-state index contributed by atoms with van der Waals surface area (Å²) in [6.07, 6.45) is 0. The second-order valence-electron chi connectivity index (χ2n) is 4.91. The van der Waals surface area contributed by atoms with Gasteiger partial charge in [-0.2, -0.15) is 0 Å². The lowest BCUT2D eigenvalue weighted by molar-refractivity contribution is 0.101. The molecular formula is C17H19N3O. The van der Waals surface area contributed by atoms with Crippen molar-refractivity contribution >= 4 is 11.6 Å². The summed E-state index contributed by atoms with van der Waals surface area (Å²) in [5.74, 6) is 5.71. The van der Waals surface area contributed by atoms with E-state index in [1.165, 1.54) is 0 Å². The molecule has 1 heterocycles. The Morgan fingerprint density at radius 1 is 1.29 bits per heavy atom. The maximum absolute atomic E-state index is 12.2. The minimum Gasteiger partial charge on any atom is -0.344 e. The van der Waals surface area contributed by atoms with Gasteiger partial charge in [-0.25, -0.2) is 0 Å². The minimum atomic E-state index is -0.120. The van der Waals surface area contributed by atoms with Crippen LogP contribution in [-0.4, -0.2) is 17.0 Å². The number of benzene rings is 1. The molecule has 0 saturated heterocycles. The molecule has 1 aromatic heterocycles. The van der Waals surface area contributed by atoms with E-state index in [1.54, 1.807) is 0 Å². The van der Waals surface area contributed by atoms with E-state index in [2.05, 4.69) is 17.2 Å². The molecule has 0 aliphatic heterocycles. The van der Waals surface area contributed by atoms with Gasteiger partial charge in [-0.3, -0.25) is 4.79 Å². The molecule has 0 spiro atoms. The molecule has 21 heavy (non-hydrogen) atoms. The van der Waals surface area contributed by atoms with E-state index < -0.39 is 0 Å². The van der Waals surface area contributed by atoms with Crippen LogP contribution in [0.5, 0.6) is 0 Å². The Labute approximate surface area is 125 Å². The predicted octanol–water partition coefficient (Wildman–Crippen LogP) is 2.20. The first-order valence-corrected chi connectivity index (χ1v) is 6.76. The smallest absolute Gasteiger partial charge is 0.272 e. The van der Waals surface area contributed by atoms with Crippen LogP contribution in [0.25, 0.3) is 0 Å². The highest BCUT2D eigenvalue weighted by atomic mass is 16.1. The zero-order valence-corrected chi connectivity index (χ0v) is 12.5. The predicted molar refractivity (Wildman–Crippen MR) is 85.2 cm³/mol. The van der Waals surface area contributed by atoms with Crippen molar-refractivity contribution in [3.8, 4) is 11.8 Å². The van der Waals surface area contributed by atoms with E-state index in [0.717, 1.165) is 22.5 Å². The second-order valence-corrected chi connectivity index (χ2v) is 4.91. The van der Waals surface area contributed by atoms with E-state index in [9.17, 15) is 4.79 Å². The van der Waals surface area contributed by atoms with Crippen LogP contribution >= 0.6 is 0 Å². The summed E-state index contributed by atoms with van der Waals surface area (Å²) in [5, 5.41) is 2.90. The zero-order valence-electron chi connectivity index (χ0n) is 12.5. The summed E-state index contributed by atoms with van der Waals surface area (Å²) < 4.78 is 1.86. The van der Waals surface area contributed by atoms with E-state index in [-0.39, 0.29) is 5.91 Å². The Morgan fingerprint density at radius 3 is 2.62 bits per heavy atom. The molecule has 0 aliphatic carbocycles. The molecule has 0 saturated carbocycles. The van der Waals surface area contributed by atoms with Gasteiger partial charge < -0.3 is 15.6 Å². The third-order valence-corrected chi connectivity index (χ3v) is 3.41. The topological polar surface area (TPSA) is 60.0 Å². The van der Waals surface area contributed by atoms with Crippen molar-refractivity contribution in [3.63, 3.8) is 0 Å². The number of nitrogens with one attached hydrogen (secondary N) is 1. The maximum atomic E-state index is 12.2. The van der Waals surface area contributed by atoms with Gasteiger partial charge in [0.2, 0.25) is 0 Å². The molecule has 0 unspecified atom stereocenters. The Balaban J connectivity index is 2.19. The van der Waals surface area contributed by atoms with Gasteiger partial charge in [0.25, 0.3) is 5.91 Å². The van der Waals surface area contributed by atoms with Gasteiger partial charge in [-0.15, -0.1) is 0 Å². The van der Waals surface area contributed by atoms with Crippen molar-refractivity contribution in [1.82, 2.24) is 4.57 Å². The molecule has 108 valence electrons. The molecule has 2 aromatic rings. The monoisotopic (exact) mass is 281 g/mol. The first-order chi connectivity index (χ1) is 10.0. The number of rotatable bonds is 2. The number of aromatic nitrogens is 1. The van der Waals surface area contributed by atoms with Gasteiger partial charge in [-0.1, -0.05) is 11.8 Å². The molecule has 4 heteroatoms. The van der Waals surface area contributed by atoms with Crippen molar-refractivity contribution in [3.05, 3.63) is 52.8 Å². The summed E-state index contributed by atoms with van der Waals surface area (Å²) in [7, 11) is 1.88. The molecule has 0 radical (unpaired) electrons. The van der Waals surface area contributed by atoms with Gasteiger partial charge in [0, 0.05) is 24.0 Å². The van der Waals surface area contributed by atoms with Gasteiger partial charge in [-0.05, 0) is 49.7 Å². The number of carbonyl (C=O) groups excluding carboxylic acids is 1. The van der Waals surface area contributed by atoms with Gasteiger partial charge >= 0.3 is 0 Å². The number of carbonyl (C=O) groups is 1. The van der Waals surface area contributed by atoms with Crippen LogP contribution in [0.2, 0.25) is 0 Å². The first-order valence-electron chi connectivity index (χ1n) is 6.76. The van der Waals surface area contributed by atoms with E-state index in [4.69, 9.17) is 5.73 Å². The summed E-state index contributed by atoms with van der Waals surface area (Å²) >= 11 is 0. The van der Waals surface area contributed by atoms with E-state index in [0.29, 0.717) is 12.2 Å². The summed E-state index contributed by atoms with van der Waals surface area (Å²) in [6.45, 7) is 4.26. The highest BCUT2D eigenvalue weighted by Gasteiger charge is 2.11. The number of amides is 1. The third-order valence-electron chi connectivity index (χ3n) is 3.41. The molecule has 0 atom stereocenters. The maximum Gasteiger partial charge on any atom is 0.272 e. The lowest BCUT2D eigenvalue weighted by Gasteiger charge is -2.08. The van der Waals surface area contributed by atoms with Crippen LogP contribution in [-0.2, 0) is 7.05 Å². The molecular weight excluding hydrogens is 262 g/mol. The quantitative estimate of drug-likeness (QED) is 0.829. The van der Waals surface area contributed by atoms with Crippen molar-refractivity contribution < 1.29 is 4.79 Å². The Morgan fingerprint density at radius 2 is 2.05 bits per heavy atom. The number of anilines is 1. The fraction of sp³-hybridized carbons (Fsp3) is 0.235. The highest BCUT2D eigenvalue weighted by molar-refractivity contribution is 6.03. The molecule has 0 bridgehead atoms. The number of aryl methyl sites for hydroxylation is 2. The van der Waals surface area contributed by atoms with E-state index in [1.807, 2.05) is 55.8 Å². The van der Waals surface area contributed by atoms with Crippen molar-refractivity contribution in [2.75, 3.05) is 11.9 Å². The van der Waals surface area contributed by atoms with Gasteiger partial charge in [0.1, 0.15) is 5.69 Å². The van der Waals surface area contributed by atoms with Crippen molar-refractivity contribution in [2.45, 2.75) is 13.8 Å². The third kappa shape index (κ3) is 3.33. The number of nitrogens with two attached hydrogens (primary N) is 1. The van der Waals surface area contributed by atoms with Crippen LogP contribution in [0.3, 0.4) is 0 Å². The molecule has 1 aromatic carbocycles. The van der Waals surface area contributed by atoms with Crippen molar-refractivity contribution in [1.29, 1.82) is 0 Å². The number of hydrogen-bond donors (Lipinski definition) is 2. The first kappa shape index (κ1) is 14.9.